The van der Waals surface area contributed by atoms with Gasteiger partial charge in [0.15, 0.2) is 0 Å². The van der Waals surface area contributed by atoms with E-state index in [1.807, 2.05) is 0 Å². The zero-order valence-corrected chi connectivity index (χ0v) is 15.2. The highest BCUT2D eigenvalue weighted by atomic mass is 14.4. The summed E-state index contributed by atoms with van der Waals surface area (Å²) >= 11 is 0. The standard InChI is InChI=1S/C25H24/c1-18(13-14-19-9-5-4-6-10-19)20-15-16-22-21-11-7-8-12-23(21)25(2,3)24(22)17-20/h4-13,15-17H,14H2,1-3H3/b18-13+. The molecule has 0 bridgehead atoms. The molecular formula is C25H24. The van der Waals surface area contributed by atoms with Gasteiger partial charge in [-0.25, -0.2) is 0 Å². The molecule has 0 N–H and O–H groups in total. The molecule has 0 radical (unpaired) electrons. The van der Waals surface area contributed by atoms with Crippen molar-refractivity contribution in [3.63, 3.8) is 0 Å². The van der Waals surface area contributed by atoms with Crippen molar-refractivity contribution in [3.05, 3.63) is 101 Å². The molecule has 0 heteroatoms. The van der Waals surface area contributed by atoms with Crippen molar-refractivity contribution in [2.24, 2.45) is 0 Å². The van der Waals surface area contributed by atoms with Crippen LogP contribution in [0.4, 0.5) is 0 Å². The summed E-state index contributed by atoms with van der Waals surface area (Å²) in [7, 11) is 0. The third-order valence-corrected chi connectivity index (χ3v) is 5.53. The van der Waals surface area contributed by atoms with E-state index in [0.29, 0.717) is 0 Å². The van der Waals surface area contributed by atoms with Gasteiger partial charge in [-0.05, 0) is 58.4 Å². The monoisotopic (exact) mass is 324 g/mol. The minimum absolute atomic E-state index is 0.0711. The number of hydrogen-bond donors (Lipinski definition) is 0. The van der Waals surface area contributed by atoms with E-state index < -0.39 is 0 Å². The maximum Gasteiger partial charge on any atom is 0.0159 e. The van der Waals surface area contributed by atoms with Crippen LogP contribution in [-0.2, 0) is 11.8 Å². The van der Waals surface area contributed by atoms with E-state index in [2.05, 4.69) is 99.6 Å². The van der Waals surface area contributed by atoms with Crippen LogP contribution in [0.1, 0.15) is 43.0 Å². The van der Waals surface area contributed by atoms with Crippen LogP contribution in [0, 0.1) is 0 Å². The first kappa shape index (κ1) is 15.9. The van der Waals surface area contributed by atoms with E-state index in [1.165, 1.54) is 39.0 Å². The summed E-state index contributed by atoms with van der Waals surface area (Å²) in [5.41, 5.74) is 9.76. The molecule has 0 spiro atoms. The van der Waals surface area contributed by atoms with E-state index in [9.17, 15) is 0 Å². The first-order chi connectivity index (χ1) is 12.1. The van der Waals surface area contributed by atoms with Crippen LogP contribution >= 0.6 is 0 Å². The fourth-order valence-electron chi connectivity index (χ4n) is 3.95. The molecule has 124 valence electrons. The predicted molar refractivity (Wildman–Crippen MR) is 108 cm³/mol. The lowest BCUT2D eigenvalue weighted by Crippen LogP contribution is -2.15. The van der Waals surface area contributed by atoms with Gasteiger partial charge in [0.25, 0.3) is 0 Å². The third-order valence-electron chi connectivity index (χ3n) is 5.53. The van der Waals surface area contributed by atoms with Crippen molar-refractivity contribution in [2.45, 2.75) is 32.6 Å². The SMILES string of the molecule is C/C(=C\Cc1ccccc1)c1ccc2c(c1)C(C)(C)c1ccccc1-2. The Morgan fingerprint density at radius 3 is 2.28 bits per heavy atom. The number of benzene rings is 3. The highest BCUT2D eigenvalue weighted by Crippen LogP contribution is 2.48. The molecule has 0 atom stereocenters. The van der Waals surface area contributed by atoms with Gasteiger partial charge >= 0.3 is 0 Å². The highest BCUT2D eigenvalue weighted by Gasteiger charge is 2.35. The molecule has 3 aromatic rings. The molecule has 0 heterocycles. The molecule has 0 nitrogen and oxygen atoms in total. The number of allylic oxidation sites excluding steroid dienone is 2. The van der Waals surface area contributed by atoms with Crippen molar-refractivity contribution < 1.29 is 0 Å². The van der Waals surface area contributed by atoms with Crippen LogP contribution < -0.4 is 0 Å². The summed E-state index contributed by atoms with van der Waals surface area (Å²) in [6, 6.07) is 26.4. The maximum atomic E-state index is 2.40. The van der Waals surface area contributed by atoms with E-state index in [1.54, 1.807) is 0 Å². The smallest absolute Gasteiger partial charge is 0.0159 e. The quantitative estimate of drug-likeness (QED) is 0.506. The zero-order valence-electron chi connectivity index (χ0n) is 15.2. The van der Waals surface area contributed by atoms with Crippen molar-refractivity contribution in [1.82, 2.24) is 0 Å². The summed E-state index contributed by atoms with van der Waals surface area (Å²) in [5.74, 6) is 0. The molecule has 0 saturated carbocycles. The highest BCUT2D eigenvalue weighted by molar-refractivity contribution is 5.82. The van der Waals surface area contributed by atoms with Gasteiger partial charge in [0, 0.05) is 5.41 Å². The van der Waals surface area contributed by atoms with Gasteiger partial charge in [-0.3, -0.25) is 0 Å². The molecular weight excluding hydrogens is 300 g/mol. The second-order valence-corrected chi connectivity index (χ2v) is 7.51. The van der Waals surface area contributed by atoms with Crippen LogP contribution in [0.25, 0.3) is 16.7 Å². The Morgan fingerprint density at radius 2 is 1.48 bits per heavy atom. The number of fused-ring (bicyclic) bond motifs is 3. The Kier molecular flexibility index (Phi) is 3.84. The fraction of sp³-hybridized carbons (Fsp3) is 0.200. The average Bonchev–Trinajstić information content (AvgIpc) is 2.88. The number of rotatable bonds is 3. The first-order valence-corrected chi connectivity index (χ1v) is 9.03. The largest absolute Gasteiger partial charge is 0.0766 e. The molecule has 0 aromatic heterocycles. The molecule has 1 aliphatic carbocycles. The van der Waals surface area contributed by atoms with E-state index >= 15 is 0 Å². The van der Waals surface area contributed by atoms with Gasteiger partial charge in [0.05, 0.1) is 0 Å². The molecule has 4 rings (SSSR count). The molecule has 3 aromatic carbocycles. The summed E-state index contributed by atoms with van der Waals surface area (Å²) in [4.78, 5) is 0. The second-order valence-electron chi connectivity index (χ2n) is 7.51. The molecule has 0 unspecified atom stereocenters. The summed E-state index contributed by atoms with van der Waals surface area (Å²) in [6.07, 6.45) is 3.32. The average molecular weight is 324 g/mol. The van der Waals surface area contributed by atoms with E-state index in [-0.39, 0.29) is 5.41 Å². The lowest BCUT2D eigenvalue weighted by molar-refractivity contribution is 0.660. The molecule has 1 aliphatic rings. The van der Waals surface area contributed by atoms with Gasteiger partial charge < -0.3 is 0 Å². The Labute approximate surface area is 150 Å². The fourth-order valence-corrected chi connectivity index (χ4v) is 3.95. The van der Waals surface area contributed by atoms with Gasteiger partial charge in [0.1, 0.15) is 0 Å². The van der Waals surface area contributed by atoms with E-state index in [4.69, 9.17) is 0 Å². The van der Waals surface area contributed by atoms with Gasteiger partial charge in [-0.15, -0.1) is 0 Å². The molecule has 0 saturated heterocycles. The molecule has 0 amide bonds. The normalized spacial score (nSPS) is 14.9. The van der Waals surface area contributed by atoms with Crippen molar-refractivity contribution >= 4 is 5.57 Å². The van der Waals surface area contributed by atoms with Crippen LogP contribution in [0.5, 0.6) is 0 Å². The minimum atomic E-state index is 0.0711. The molecule has 0 aliphatic heterocycles. The molecule has 0 fully saturated rings. The lowest BCUT2D eigenvalue weighted by atomic mass is 9.81. The summed E-state index contributed by atoms with van der Waals surface area (Å²) in [5, 5.41) is 0. The lowest BCUT2D eigenvalue weighted by Gasteiger charge is -2.22. The Bertz CT molecular complexity index is 943. The minimum Gasteiger partial charge on any atom is -0.0766 e. The maximum absolute atomic E-state index is 2.40. The summed E-state index contributed by atoms with van der Waals surface area (Å²) < 4.78 is 0. The zero-order chi connectivity index (χ0) is 17.4. The Morgan fingerprint density at radius 1 is 0.800 bits per heavy atom. The summed E-state index contributed by atoms with van der Waals surface area (Å²) in [6.45, 7) is 6.90. The predicted octanol–water partition coefficient (Wildman–Crippen LogP) is 6.64. The first-order valence-electron chi connectivity index (χ1n) is 9.03. The van der Waals surface area contributed by atoms with Crippen LogP contribution in [0.2, 0.25) is 0 Å². The Hall–Kier alpha value is -2.60. The van der Waals surface area contributed by atoms with Gasteiger partial charge in [-0.2, -0.15) is 0 Å². The van der Waals surface area contributed by atoms with Crippen LogP contribution in [-0.4, -0.2) is 0 Å². The van der Waals surface area contributed by atoms with Crippen LogP contribution in [0.3, 0.4) is 0 Å². The third kappa shape index (κ3) is 2.72. The van der Waals surface area contributed by atoms with Gasteiger partial charge in [0.2, 0.25) is 0 Å². The topological polar surface area (TPSA) is 0 Å². The van der Waals surface area contributed by atoms with Gasteiger partial charge in [-0.1, -0.05) is 86.7 Å². The number of hydrogen-bond acceptors (Lipinski definition) is 0. The molecule has 25 heavy (non-hydrogen) atoms. The van der Waals surface area contributed by atoms with E-state index in [0.717, 1.165) is 6.42 Å². The van der Waals surface area contributed by atoms with Crippen molar-refractivity contribution in [2.75, 3.05) is 0 Å². The van der Waals surface area contributed by atoms with Crippen LogP contribution in [0.15, 0.2) is 78.9 Å². The van der Waals surface area contributed by atoms with Crippen molar-refractivity contribution in [3.8, 4) is 11.1 Å². The Balaban J connectivity index is 1.70. The second kappa shape index (κ2) is 6.04. The van der Waals surface area contributed by atoms with Crippen molar-refractivity contribution in [1.29, 1.82) is 0 Å².